The Bertz CT molecular complexity index is 1130. The van der Waals surface area contributed by atoms with Crippen LogP contribution in [0, 0.1) is 0 Å². The number of hydrogen-bond acceptors (Lipinski definition) is 4. The summed E-state index contributed by atoms with van der Waals surface area (Å²) in [5.74, 6) is -0.549. The highest BCUT2D eigenvalue weighted by Crippen LogP contribution is 2.25. The van der Waals surface area contributed by atoms with Gasteiger partial charge in [-0.2, -0.15) is 0 Å². The highest BCUT2D eigenvalue weighted by Gasteiger charge is 2.27. The van der Waals surface area contributed by atoms with Crippen LogP contribution in [0.3, 0.4) is 0 Å². The monoisotopic (exact) mass is 515 g/mol. The molecule has 0 saturated heterocycles. The molecule has 0 saturated carbocycles. The van der Waals surface area contributed by atoms with Crippen LogP contribution in [0.5, 0.6) is 5.75 Å². The van der Waals surface area contributed by atoms with Crippen molar-refractivity contribution < 1.29 is 14.7 Å². The first-order valence-corrected chi connectivity index (χ1v) is 13.0. The van der Waals surface area contributed by atoms with E-state index in [1.54, 1.807) is 24.3 Å². The fraction of sp³-hybridized carbons (Fsp3) is 0.300. The Labute approximate surface area is 224 Å². The summed E-state index contributed by atoms with van der Waals surface area (Å²) in [6.07, 6.45) is 1.92. The fourth-order valence-corrected chi connectivity index (χ4v) is 4.05. The lowest BCUT2D eigenvalue weighted by Crippen LogP contribution is -2.48. The van der Waals surface area contributed by atoms with E-state index in [1.165, 1.54) is 0 Å². The van der Waals surface area contributed by atoms with E-state index in [0.717, 1.165) is 23.1 Å². The number of phenols is 1. The Morgan fingerprint density at radius 1 is 0.868 bits per heavy atom. The first-order chi connectivity index (χ1) is 18.5. The number of nitrogens with one attached hydrogen (secondary N) is 3. The molecule has 38 heavy (non-hydrogen) atoms. The van der Waals surface area contributed by atoms with Crippen molar-refractivity contribution in [1.82, 2.24) is 16.0 Å². The predicted molar refractivity (Wildman–Crippen MR) is 151 cm³/mol. The minimum atomic E-state index is -0.745. The summed E-state index contributed by atoms with van der Waals surface area (Å²) in [5.41, 5.74) is 8.42. The second-order valence-corrected chi connectivity index (χ2v) is 9.04. The van der Waals surface area contributed by atoms with Gasteiger partial charge in [-0.1, -0.05) is 79.7 Å². The molecule has 0 fully saturated rings. The molecule has 0 aliphatic heterocycles. The van der Waals surface area contributed by atoms with Gasteiger partial charge in [-0.25, -0.2) is 0 Å². The van der Waals surface area contributed by atoms with Crippen LogP contribution in [-0.4, -0.2) is 42.0 Å². The molecule has 0 radical (unpaired) electrons. The first kappa shape index (κ1) is 28.2. The van der Waals surface area contributed by atoms with Gasteiger partial charge in [0.05, 0.1) is 5.92 Å². The minimum Gasteiger partial charge on any atom is -0.508 e. The predicted octanol–water partition coefficient (Wildman–Crippen LogP) is 3.42. The highest BCUT2D eigenvalue weighted by atomic mass is 16.3. The van der Waals surface area contributed by atoms with E-state index in [2.05, 4.69) is 20.9 Å². The summed E-state index contributed by atoms with van der Waals surface area (Å²) < 4.78 is 0. The van der Waals surface area contributed by atoms with Gasteiger partial charge in [-0.15, -0.1) is 0 Å². The van der Waals surface area contributed by atoms with Crippen LogP contribution in [0.15, 0.2) is 89.9 Å². The molecule has 0 aromatic heterocycles. The zero-order chi connectivity index (χ0) is 27.2. The van der Waals surface area contributed by atoms with Crippen molar-refractivity contribution in [3.05, 3.63) is 102 Å². The number of hydrogen-bond donors (Lipinski definition) is 5. The number of guanidine groups is 1. The van der Waals surface area contributed by atoms with Crippen LogP contribution in [0.25, 0.3) is 0 Å². The number of carbonyl (C=O) groups is 2. The van der Waals surface area contributed by atoms with Gasteiger partial charge in [-0.05, 0) is 48.1 Å². The van der Waals surface area contributed by atoms with Gasteiger partial charge >= 0.3 is 0 Å². The van der Waals surface area contributed by atoms with Crippen molar-refractivity contribution in [2.24, 2.45) is 10.7 Å². The average molecular weight is 516 g/mol. The summed E-state index contributed by atoms with van der Waals surface area (Å²) in [7, 11) is 0. The zero-order valence-corrected chi connectivity index (χ0v) is 21.8. The minimum absolute atomic E-state index is 0.160. The second-order valence-electron chi connectivity index (χ2n) is 9.04. The van der Waals surface area contributed by atoms with Crippen molar-refractivity contribution in [2.75, 3.05) is 13.1 Å². The van der Waals surface area contributed by atoms with Crippen LogP contribution in [0.1, 0.15) is 48.8 Å². The maximum absolute atomic E-state index is 13.7. The van der Waals surface area contributed by atoms with Crippen LogP contribution in [-0.2, 0) is 16.1 Å². The SMILES string of the molecule is CCCN=C(N)NCCC[C@@H](NC(=O)C(c1ccccc1)c1ccccc1)C(=O)NCc1ccc(O)cc1. The summed E-state index contributed by atoms with van der Waals surface area (Å²) in [6, 6.07) is 25.0. The molecule has 0 heterocycles. The Hall–Kier alpha value is -4.33. The molecule has 0 aliphatic carbocycles. The van der Waals surface area contributed by atoms with Crippen molar-refractivity contribution in [3.8, 4) is 5.75 Å². The lowest BCUT2D eigenvalue weighted by atomic mass is 9.90. The molecule has 0 aliphatic rings. The molecule has 3 rings (SSSR count). The normalized spacial score (nSPS) is 12.1. The number of carbonyl (C=O) groups excluding carboxylic acids is 2. The van der Waals surface area contributed by atoms with Gasteiger partial charge in [0.1, 0.15) is 11.8 Å². The fourth-order valence-electron chi connectivity index (χ4n) is 4.05. The summed E-state index contributed by atoms with van der Waals surface area (Å²) >= 11 is 0. The van der Waals surface area contributed by atoms with Crippen molar-refractivity contribution in [3.63, 3.8) is 0 Å². The Balaban J connectivity index is 1.73. The number of phenolic OH excluding ortho intramolecular Hbond substituents is 1. The zero-order valence-electron chi connectivity index (χ0n) is 21.8. The number of nitrogens with zero attached hydrogens (tertiary/aromatic N) is 1. The molecule has 3 aromatic rings. The van der Waals surface area contributed by atoms with E-state index < -0.39 is 12.0 Å². The molecule has 200 valence electrons. The summed E-state index contributed by atoms with van der Waals surface area (Å²) in [6.45, 7) is 3.48. The maximum Gasteiger partial charge on any atom is 0.242 e. The van der Waals surface area contributed by atoms with E-state index in [0.29, 0.717) is 31.9 Å². The van der Waals surface area contributed by atoms with Gasteiger partial charge in [0, 0.05) is 19.6 Å². The van der Waals surface area contributed by atoms with Gasteiger partial charge in [0.2, 0.25) is 11.8 Å². The average Bonchev–Trinajstić information content (AvgIpc) is 2.94. The molecule has 1 atom stereocenters. The third-order valence-corrected chi connectivity index (χ3v) is 6.05. The molecular formula is C30H37N5O3. The molecule has 0 spiro atoms. The Morgan fingerprint density at radius 2 is 1.47 bits per heavy atom. The Morgan fingerprint density at radius 3 is 2.05 bits per heavy atom. The molecule has 6 N–H and O–H groups in total. The van der Waals surface area contributed by atoms with Gasteiger partial charge in [0.25, 0.3) is 0 Å². The largest absolute Gasteiger partial charge is 0.508 e. The lowest BCUT2D eigenvalue weighted by molar-refractivity contribution is -0.129. The highest BCUT2D eigenvalue weighted by molar-refractivity contribution is 5.92. The van der Waals surface area contributed by atoms with Crippen molar-refractivity contribution in [2.45, 2.75) is 44.7 Å². The number of nitrogens with two attached hydrogens (primary N) is 1. The van der Waals surface area contributed by atoms with E-state index >= 15 is 0 Å². The molecule has 8 nitrogen and oxygen atoms in total. The topological polar surface area (TPSA) is 129 Å². The number of benzene rings is 3. The molecule has 3 aromatic carbocycles. The number of aliphatic imine (C=N–C) groups is 1. The Kier molecular flexibility index (Phi) is 11.2. The quantitative estimate of drug-likeness (QED) is 0.135. The molecule has 2 amide bonds. The number of aromatic hydroxyl groups is 1. The van der Waals surface area contributed by atoms with Crippen molar-refractivity contribution >= 4 is 17.8 Å². The van der Waals surface area contributed by atoms with E-state index in [9.17, 15) is 14.7 Å². The van der Waals surface area contributed by atoms with Crippen LogP contribution < -0.4 is 21.7 Å². The lowest BCUT2D eigenvalue weighted by Gasteiger charge is -2.23. The summed E-state index contributed by atoms with van der Waals surface area (Å²) in [5, 5.41) is 18.5. The standard InChI is InChI=1S/C30H37N5O3/c1-2-19-32-30(31)33-20-9-14-26(28(37)34-21-22-15-17-25(36)18-16-22)35-29(38)27(23-10-5-3-6-11-23)24-12-7-4-8-13-24/h3-8,10-13,15-18,26-27,36H,2,9,14,19-21H2,1H3,(H,34,37)(H,35,38)(H3,31,32,33)/t26-/m1/s1. The smallest absolute Gasteiger partial charge is 0.242 e. The van der Waals surface area contributed by atoms with Gasteiger partial charge < -0.3 is 26.8 Å². The molecule has 0 bridgehead atoms. The maximum atomic E-state index is 13.7. The third-order valence-electron chi connectivity index (χ3n) is 6.05. The van der Waals surface area contributed by atoms with E-state index in [1.807, 2.05) is 67.6 Å². The van der Waals surface area contributed by atoms with Crippen LogP contribution in [0.4, 0.5) is 0 Å². The van der Waals surface area contributed by atoms with Crippen molar-refractivity contribution in [1.29, 1.82) is 0 Å². The number of amides is 2. The van der Waals surface area contributed by atoms with Gasteiger partial charge in [-0.3, -0.25) is 14.6 Å². The number of rotatable bonds is 13. The first-order valence-electron chi connectivity index (χ1n) is 13.0. The van der Waals surface area contributed by atoms with Crippen LogP contribution >= 0.6 is 0 Å². The third kappa shape index (κ3) is 8.96. The van der Waals surface area contributed by atoms with Crippen LogP contribution in [0.2, 0.25) is 0 Å². The molecule has 0 unspecified atom stereocenters. The molecule has 8 heteroatoms. The van der Waals surface area contributed by atoms with Gasteiger partial charge in [0.15, 0.2) is 5.96 Å². The summed E-state index contributed by atoms with van der Waals surface area (Å²) in [4.78, 5) is 31.1. The second kappa shape index (κ2) is 15.0. The van der Waals surface area contributed by atoms with E-state index in [4.69, 9.17) is 5.73 Å². The molecular weight excluding hydrogens is 478 g/mol. The van der Waals surface area contributed by atoms with E-state index in [-0.39, 0.29) is 24.1 Å².